The minimum absolute atomic E-state index is 1.07. The van der Waals surface area contributed by atoms with Crippen LogP contribution in [-0.2, 0) is 20.7 Å². The molecule has 5 nitrogen and oxygen atoms in total. The van der Waals surface area contributed by atoms with Crippen molar-refractivity contribution in [3.05, 3.63) is 34.6 Å². The van der Waals surface area contributed by atoms with E-state index in [1.807, 2.05) is 0 Å². The highest BCUT2D eigenvalue weighted by atomic mass is 19.2. The van der Waals surface area contributed by atoms with Crippen molar-refractivity contribution < 1.29 is 41.4 Å². The Morgan fingerprint density at radius 1 is 1.00 bits per heavy atom. The van der Waals surface area contributed by atoms with Gasteiger partial charge in [-0.15, -0.1) is 0 Å². The van der Waals surface area contributed by atoms with Crippen molar-refractivity contribution in [2.24, 2.45) is 11.7 Å². The SMILES string of the molecule is CC(C)(C)OC(=O)C(C(=O)O)C(N)Cc1c(F)c(F)c(F)c(F)c1F. The van der Waals surface area contributed by atoms with Gasteiger partial charge in [0.15, 0.2) is 29.2 Å². The minimum atomic E-state index is -2.35. The van der Waals surface area contributed by atoms with Crippen LogP contribution in [-0.4, -0.2) is 28.7 Å². The molecule has 0 saturated heterocycles. The van der Waals surface area contributed by atoms with E-state index in [1.54, 1.807) is 0 Å². The third kappa shape index (κ3) is 4.65. The average molecular weight is 369 g/mol. The molecule has 0 fully saturated rings. The Bertz CT molecular complexity index is 673. The highest BCUT2D eigenvalue weighted by Crippen LogP contribution is 2.25. The molecular formula is C15H16F5NO4. The summed E-state index contributed by atoms with van der Waals surface area (Å²) in [7, 11) is 0. The summed E-state index contributed by atoms with van der Waals surface area (Å²) >= 11 is 0. The molecule has 0 aliphatic heterocycles. The number of ether oxygens (including phenoxy) is 1. The number of hydrogen-bond donors (Lipinski definition) is 2. The Hall–Kier alpha value is -2.23. The number of aliphatic carboxylic acids is 1. The molecule has 0 saturated carbocycles. The van der Waals surface area contributed by atoms with Gasteiger partial charge in [0.1, 0.15) is 5.60 Å². The molecule has 1 rings (SSSR count). The van der Waals surface area contributed by atoms with E-state index in [1.165, 1.54) is 20.8 Å². The zero-order valence-corrected chi connectivity index (χ0v) is 13.5. The lowest BCUT2D eigenvalue weighted by Gasteiger charge is -2.25. The van der Waals surface area contributed by atoms with E-state index in [2.05, 4.69) is 0 Å². The van der Waals surface area contributed by atoms with Crippen molar-refractivity contribution in [3.63, 3.8) is 0 Å². The van der Waals surface area contributed by atoms with Gasteiger partial charge in [-0.1, -0.05) is 0 Å². The van der Waals surface area contributed by atoms with Crippen LogP contribution < -0.4 is 5.73 Å². The molecule has 0 spiro atoms. The quantitative estimate of drug-likeness (QED) is 0.273. The first kappa shape index (κ1) is 20.8. The smallest absolute Gasteiger partial charge is 0.322 e. The van der Waals surface area contributed by atoms with E-state index in [4.69, 9.17) is 15.6 Å². The van der Waals surface area contributed by atoms with Gasteiger partial charge in [0.05, 0.1) is 0 Å². The molecule has 0 aliphatic carbocycles. The summed E-state index contributed by atoms with van der Waals surface area (Å²) in [5.41, 5.74) is 3.11. The predicted molar refractivity (Wildman–Crippen MR) is 74.9 cm³/mol. The molecule has 0 radical (unpaired) electrons. The summed E-state index contributed by atoms with van der Waals surface area (Å²) in [4.78, 5) is 23.2. The zero-order valence-electron chi connectivity index (χ0n) is 13.5. The van der Waals surface area contributed by atoms with E-state index in [9.17, 15) is 31.5 Å². The van der Waals surface area contributed by atoms with Gasteiger partial charge in [0, 0.05) is 11.6 Å². The van der Waals surface area contributed by atoms with E-state index in [-0.39, 0.29) is 0 Å². The second kappa shape index (κ2) is 7.34. The first-order valence-electron chi connectivity index (χ1n) is 6.99. The molecule has 25 heavy (non-hydrogen) atoms. The first-order chi connectivity index (χ1) is 11.3. The highest BCUT2D eigenvalue weighted by molar-refractivity contribution is 5.95. The van der Waals surface area contributed by atoms with Crippen LogP contribution in [0.5, 0.6) is 0 Å². The van der Waals surface area contributed by atoms with Crippen LogP contribution in [0.2, 0.25) is 0 Å². The maximum atomic E-state index is 13.7. The van der Waals surface area contributed by atoms with Gasteiger partial charge in [0.25, 0.3) is 0 Å². The summed E-state index contributed by atoms with van der Waals surface area (Å²) in [6, 6.07) is -1.79. The predicted octanol–water partition coefficient (Wildman–Crippen LogP) is 2.29. The Morgan fingerprint density at radius 3 is 1.76 bits per heavy atom. The van der Waals surface area contributed by atoms with Gasteiger partial charge >= 0.3 is 11.9 Å². The molecule has 140 valence electrons. The average Bonchev–Trinajstić information content (AvgIpc) is 2.45. The number of rotatable bonds is 5. The number of benzene rings is 1. The number of carboxylic acids is 1. The van der Waals surface area contributed by atoms with Crippen LogP contribution in [0.4, 0.5) is 22.0 Å². The van der Waals surface area contributed by atoms with Crippen molar-refractivity contribution in [2.75, 3.05) is 0 Å². The first-order valence-corrected chi connectivity index (χ1v) is 6.99. The molecule has 0 bridgehead atoms. The number of carbonyl (C=O) groups is 2. The van der Waals surface area contributed by atoms with Crippen molar-refractivity contribution in [2.45, 2.75) is 38.8 Å². The van der Waals surface area contributed by atoms with Crippen LogP contribution in [0.15, 0.2) is 0 Å². The van der Waals surface area contributed by atoms with E-state index < -0.39 is 70.6 Å². The van der Waals surface area contributed by atoms with Crippen LogP contribution in [0.1, 0.15) is 26.3 Å². The van der Waals surface area contributed by atoms with Crippen LogP contribution in [0, 0.1) is 35.0 Å². The van der Waals surface area contributed by atoms with Crippen LogP contribution >= 0.6 is 0 Å². The zero-order chi connectivity index (χ0) is 19.7. The fourth-order valence-corrected chi connectivity index (χ4v) is 2.01. The highest BCUT2D eigenvalue weighted by Gasteiger charge is 2.38. The maximum absolute atomic E-state index is 13.7. The van der Waals surface area contributed by atoms with Gasteiger partial charge in [-0.2, -0.15) is 0 Å². The number of nitrogens with two attached hydrogens (primary N) is 1. The molecule has 10 heteroatoms. The third-order valence-corrected chi connectivity index (χ3v) is 3.10. The van der Waals surface area contributed by atoms with E-state index in [0.29, 0.717) is 0 Å². The Kier molecular flexibility index (Phi) is 6.11. The Morgan fingerprint density at radius 2 is 1.40 bits per heavy atom. The standard InChI is InChI=1S/C15H16F5NO4/c1-15(2,3)25-14(24)7(13(22)23)6(21)4-5-8(16)10(18)12(20)11(19)9(5)17/h6-7H,4,21H2,1-3H3,(H,22,23). The van der Waals surface area contributed by atoms with Crippen molar-refractivity contribution in [1.29, 1.82) is 0 Å². The lowest BCUT2D eigenvalue weighted by molar-refractivity contribution is -0.167. The number of carboxylic acid groups (broad SMARTS) is 1. The summed E-state index contributed by atoms with van der Waals surface area (Å²) in [6.07, 6.45) is -1.08. The monoisotopic (exact) mass is 369 g/mol. The van der Waals surface area contributed by atoms with Gasteiger partial charge < -0.3 is 15.6 Å². The molecule has 1 aromatic rings. The maximum Gasteiger partial charge on any atom is 0.322 e. The lowest BCUT2D eigenvalue weighted by Crippen LogP contribution is -2.45. The van der Waals surface area contributed by atoms with Crippen molar-refractivity contribution in [1.82, 2.24) is 0 Å². The van der Waals surface area contributed by atoms with E-state index in [0.717, 1.165) is 0 Å². The molecule has 1 aromatic carbocycles. The summed E-state index contributed by atoms with van der Waals surface area (Å²) in [6.45, 7) is 4.33. The second-order valence-corrected chi connectivity index (χ2v) is 6.27. The largest absolute Gasteiger partial charge is 0.481 e. The summed E-state index contributed by atoms with van der Waals surface area (Å²) in [5, 5.41) is 9.10. The second-order valence-electron chi connectivity index (χ2n) is 6.27. The fraction of sp³-hybridized carbons (Fsp3) is 0.467. The normalized spacial score (nSPS) is 14.1. The van der Waals surface area contributed by atoms with Gasteiger partial charge in [-0.3, -0.25) is 9.59 Å². The summed E-state index contributed by atoms with van der Waals surface area (Å²) in [5.74, 6) is -16.1. The molecule has 0 aromatic heterocycles. The third-order valence-electron chi connectivity index (χ3n) is 3.10. The van der Waals surface area contributed by atoms with Crippen molar-refractivity contribution in [3.8, 4) is 0 Å². The number of hydrogen-bond acceptors (Lipinski definition) is 4. The number of esters is 1. The molecule has 2 atom stereocenters. The minimum Gasteiger partial charge on any atom is -0.481 e. The van der Waals surface area contributed by atoms with E-state index >= 15 is 0 Å². The fourth-order valence-electron chi connectivity index (χ4n) is 2.01. The van der Waals surface area contributed by atoms with Crippen molar-refractivity contribution >= 4 is 11.9 Å². The summed E-state index contributed by atoms with van der Waals surface area (Å²) < 4.78 is 71.5. The molecule has 3 N–H and O–H groups in total. The Balaban J connectivity index is 3.21. The Labute approximate surface area is 139 Å². The molecule has 0 amide bonds. The molecule has 0 aliphatic rings. The number of halogens is 5. The van der Waals surface area contributed by atoms with Crippen LogP contribution in [0.25, 0.3) is 0 Å². The topological polar surface area (TPSA) is 89.6 Å². The lowest BCUT2D eigenvalue weighted by atomic mass is 9.93. The van der Waals surface area contributed by atoms with Gasteiger partial charge in [-0.25, -0.2) is 22.0 Å². The van der Waals surface area contributed by atoms with Crippen LogP contribution in [0.3, 0.4) is 0 Å². The molecule has 2 unspecified atom stereocenters. The molecule has 0 heterocycles. The number of carbonyl (C=O) groups excluding carboxylic acids is 1. The van der Waals surface area contributed by atoms with Gasteiger partial charge in [0.2, 0.25) is 5.82 Å². The molecular weight excluding hydrogens is 353 g/mol. The van der Waals surface area contributed by atoms with Gasteiger partial charge in [-0.05, 0) is 27.2 Å².